The number of rotatable bonds is 2. The maximum Gasteiger partial charge on any atom is 0.230 e. The highest BCUT2D eigenvalue weighted by molar-refractivity contribution is 9.10. The number of anilines is 1. The number of nitrogens with one attached hydrogen (secondary N) is 1. The number of amides is 1. The zero-order valence-corrected chi connectivity index (χ0v) is 12.1. The SMILES string of the molecule is CC1(C(=O)Nc2ccc(Br)c(Cl)c2)CCCC1. The van der Waals surface area contributed by atoms with Crippen molar-refractivity contribution < 1.29 is 4.79 Å². The molecule has 0 radical (unpaired) electrons. The van der Waals surface area contributed by atoms with Crippen molar-refractivity contribution in [2.45, 2.75) is 32.6 Å². The van der Waals surface area contributed by atoms with Gasteiger partial charge < -0.3 is 5.32 Å². The second kappa shape index (κ2) is 4.99. The molecule has 0 atom stereocenters. The van der Waals surface area contributed by atoms with Crippen LogP contribution in [0.4, 0.5) is 5.69 Å². The average Bonchev–Trinajstić information content (AvgIpc) is 2.72. The van der Waals surface area contributed by atoms with Crippen LogP contribution in [0.15, 0.2) is 22.7 Å². The van der Waals surface area contributed by atoms with Crippen LogP contribution in [-0.2, 0) is 4.79 Å². The van der Waals surface area contributed by atoms with Crippen LogP contribution in [0.5, 0.6) is 0 Å². The van der Waals surface area contributed by atoms with E-state index in [1.807, 2.05) is 19.1 Å². The molecule has 1 aliphatic carbocycles. The Morgan fingerprint density at radius 2 is 2.06 bits per heavy atom. The molecule has 0 aromatic heterocycles. The molecule has 1 aromatic carbocycles. The van der Waals surface area contributed by atoms with Crippen LogP contribution in [0, 0.1) is 5.41 Å². The van der Waals surface area contributed by atoms with Gasteiger partial charge in [0.05, 0.1) is 5.02 Å². The van der Waals surface area contributed by atoms with Gasteiger partial charge in [0.2, 0.25) is 5.91 Å². The third-order valence-corrected chi connectivity index (χ3v) is 4.67. The van der Waals surface area contributed by atoms with Gasteiger partial charge in [0.1, 0.15) is 0 Å². The molecule has 17 heavy (non-hydrogen) atoms. The summed E-state index contributed by atoms with van der Waals surface area (Å²) in [4.78, 5) is 12.2. The molecule has 2 rings (SSSR count). The zero-order chi connectivity index (χ0) is 12.5. The minimum atomic E-state index is -0.209. The molecule has 1 saturated carbocycles. The van der Waals surface area contributed by atoms with Gasteiger partial charge in [-0.25, -0.2) is 0 Å². The lowest BCUT2D eigenvalue weighted by Gasteiger charge is -2.22. The molecule has 92 valence electrons. The van der Waals surface area contributed by atoms with Gasteiger partial charge in [0.25, 0.3) is 0 Å². The average molecular weight is 317 g/mol. The first kappa shape index (κ1) is 12.9. The molecule has 4 heteroatoms. The summed E-state index contributed by atoms with van der Waals surface area (Å²) in [6.07, 6.45) is 4.24. The van der Waals surface area contributed by atoms with Gasteiger partial charge in [-0.1, -0.05) is 31.4 Å². The normalized spacial score (nSPS) is 18.1. The Bertz CT molecular complexity index is 441. The van der Waals surface area contributed by atoms with E-state index in [-0.39, 0.29) is 11.3 Å². The van der Waals surface area contributed by atoms with Crippen LogP contribution in [0.2, 0.25) is 5.02 Å². The summed E-state index contributed by atoms with van der Waals surface area (Å²) in [6, 6.07) is 5.46. The molecule has 1 fully saturated rings. The molecule has 1 aromatic rings. The van der Waals surface area contributed by atoms with E-state index < -0.39 is 0 Å². The van der Waals surface area contributed by atoms with E-state index in [2.05, 4.69) is 21.2 Å². The standard InChI is InChI=1S/C13H15BrClNO/c1-13(6-2-3-7-13)12(17)16-9-4-5-10(14)11(15)8-9/h4-5,8H,2-3,6-7H2,1H3,(H,16,17). The lowest BCUT2D eigenvalue weighted by Crippen LogP contribution is -2.30. The highest BCUT2D eigenvalue weighted by Crippen LogP contribution is 2.38. The monoisotopic (exact) mass is 315 g/mol. The minimum absolute atomic E-state index is 0.105. The van der Waals surface area contributed by atoms with Crippen molar-refractivity contribution in [3.05, 3.63) is 27.7 Å². The van der Waals surface area contributed by atoms with E-state index in [1.54, 1.807) is 6.07 Å². The number of halogens is 2. The number of carbonyl (C=O) groups excluding carboxylic acids is 1. The molecule has 0 aliphatic heterocycles. The van der Waals surface area contributed by atoms with Crippen LogP contribution in [0.1, 0.15) is 32.6 Å². The zero-order valence-electron chi connectivity index (χ0n) is 9.72. The predicted octanol–water partition coefficient (Wildman–Crippen LogP) is 4.62. The maximum absolute atomic E-state index is 12.2. The summed E-state index contributed by atoms with van der Waals surface area (Å²) in [5.41, 5.74) is 0.552. The van der Waals surface area contributed by atoms with Gasteiger partial charge in [-0.15, -0.1) is 0 Å². The van der Waals surface area contributed by atoms with Gasteiger partial charge in [0.15, 0.2) is 0 Å². The second-order valence-corrected chi connectivity index (χ2v) is 6.11. The first-order valence-electron chi connectivity index (χ1n) is 5.78. The Hall–Kier alpha value is -0.540. The predicted molar refractivity (Wildman–Crippen MR) is 74.4 cm³/mol. The van der Waals surface area contributed by atoms with Crippen molar-refractivity contribution in [2.24, 2.45) is 5.41 Å². The molecule has 1 amide bonds. The lowest BCUT2D eigenvalue weighted by molar-refractivity contribution is -0.124. The summed E-state index contributed by atoms with van der Waals surface area (Å²) in [7, 11) is 0. The Labute approximate surface area is 115 Å². The summed E-state index contributed by atoms with van der Waals surface area (Å²) < 4.78 is 0.837. The maximum atomic E-state index is 12.2. The van der Waals surface area contributed by atoms with Crippen LogP contribution < -0.4 is 5.32 Å². The van der Waals surface area contributed by atoms with Crippen LogP contribution in [0.25, 0.3) is 0 Å². The fraction of sp³-hybridized carbons (Fsp3) is 0.462. The van der Waals surface area contributed by atoms with Gasteiger partial charge in [-0.05, 0) is 47.0 Å². The quantitative estimate of drug-likeness (QED) is 0.847. The Balaban J connectivity index is 2.10. The Morgan fingerprint density at radius 1 is 1.41 bits per heavy atom. The molecular formula is C13H15BrClNO. The first-order chi connectivity index (χ1) is 8.01. The largest absolute Gasteiger partial charge is 0.326 e. The second-order valence-electron chi connectivity index (χ2n) is 4.85. The van der Waals surface area contributed by atoms with Gasteiger partial charge in [-0.3, -0.25) is 4.79 Å². The summed E-state index contributed by atoms with van der Waals surface area (Å²) >= 11 is 9.32. The number of hydrogen-bond acceptors (Lipinski definition) is 1. The molecule has 2 nitrogen and oxygen atoms in total. The summed E-state index contributed by atoms with van der Waals surface area (Å²) in [6.45, 7) is 2.04. The molecule has 0 bridgehead atoms. The van der Waals surface area contributed by atoms with Crippen molar-refractivity contribution >= 4 is 39.1 Å². The fourth-order valence-electron chi connectivity index (χ4n) is 2.24. The molecule has 1 aliphatic rings. The molecular weight excluding hydrogens is 302 g/mol. The van der Waals surface area contributed by atoms with E-state index in [0.717, 1.165) is 35.8 Å². The van der Waals surface area contributed by atoms with E-state index in [9.17, 15) is 4.79 Å². The fourth-order valence-corrected chi connectivity index (χ4v) is 2.67. The van der Waals surface area contributed by atoms with E-state index in [4.69, 9.17) is 11.6 Å². The molecule has 0 unspecified atom stereocenters. The Kier molecular flexibility index (Phi) is 3.79. The van der Waals surface area contributed by atoms with Crippen molar-refractivity contribution in [1.82, 2.24) is 0 Å². The molecule has 0 spiro atoms. The highest BCUT2D eigenvalue weighted by Gasteiger charge is 2.36. The molecule has 1 N–H and O–H groups in total. The van der Waals surface area contributed by atoms with E-state index >= 15 is 0 Å². The van der Waals surface area contributed by atoms with E-state index in [0.29, 0.717) is 5.02 Å². The van der Waals surface area contributed by atoms with Gasteiger partial charge >= 0.3 is 0 Å². The topological polar surface area (TPSA) is 29.1 Å². The van der Waals surface area contributed by atoms with Crippen molar-refractivity contribution in [3.8, 4) is 0 Å². The van der Waals surface area contributed by atoms with Crippen molar-refractivity contribution in [3.63, 3.8) is 0 Å². The smallest absolute Gasteiger partial charge is 0.230 e. The summed E-state index contributed by atoms with van der Waals surface area (Å²) in [5.74, 6) is 0.105. The summed E-state index contributed by atoms with van der Waals surface area (Å²) in [5, 5.41) is 3.56. The minimum Gasteiger partial charge on any atom is -0.326 e. The highest BCUT2D eigenvalue weighted by atomic mass is 79.9. The van der Waals surface area contributed by atoms with Crippen LogP contribution in [-0.4, -0.2) is 5.91 Å². The van der Waals surface area contributed by atoms with Crippen molar-refractivity contribution in [2.75, 3.05) is 5.32 Å². The van der Waals surface area contributed by atoms with Crippen LogP contribution in [0.3, 0.4) is 0 Å². The number of carbonyl (C=O) groups is 1. The molecule has 0 heterocycles. The third-order valence-electron chi connectivity index (χ3n) is 3.43. The number of benzene rings is 1. The third kappa shape index (κ3) is 2.83. The van der Waals surface area contributed by atoms with E-state index in [1.165, 1.54) is 0 Å². The van der Waals surface area contributed by atoms with Crippen LogP contribution >= 0.6 is 27.5 Å². The molecule has 0 saturated heterocycles. The van der Waals surface area contributed by atoms with Gasteiger partial charge in [0, 0.05) is 15.6 Å². The number of hydrogen-bond donors (Lipinski definition) is 1. The Morgan fingerprint density at radius 3 is 2.65 bits per heavy atom. The van der Waals surface area contributed by atoms with Crippen molar-refractivity contribution in [1.29, 1.82) is 0 Å². The van der Waals surface area contributed by atoms with Gasteiger partial charge in [-0.2, -0.15) is 0 Å². The first-order valence-corrected chi connectivity index (χ1v) is 6.95. The lowest BCUT2D eigenvalue weighted by atomic mass is 9.88.